The Bertz CT molecular complexity index is 1460. The third-order valence-corrected chi connectivity index (χ3v) is 6.55. The van der Waals surface area contributed by atoms with Gasteiger partial charge in [-0.3, -0.25) is 19.3 Å². The number of methoxy groups -OCH3 is 1. The quantitative estimate of drug-likeness (QED) is 0.248. The number of ether oxygens (including phenoxy) is 2. The molecule has 39 heavy (non-hydrogen) atoms. The molecule has 10 heteroatoms. The van der Waals surface area contributed by atoms with E-state index in [1.54, 1.807) is 12.1 Å². The van der Waals surface area contributed by atoms with Crippen LogP contribution in [-0.4, -0.2) is 35.6 Å². The molecule has 0 aromatic heterocycles. The van der Waals surface area contributed by atoms with E-state index >= 15 is 0 Å². The van der Waals surface area contributed by atoms with Crippen LogP contribution >= 0.6 is 11.8 Å². The number of anilines is 1. The van der Waals surface area contributed by atoms with E-state index in [1.165, 1.54) is 13.2 Å². The number of hydrogen-bond donors (Lipinski definition) is 1. The fourth-order valence-corrected chi connectivity index (χ4v) is 4.67. The van der Waals surface area contributed by atoms with Crippen molar-refractivity contribution in [2.45, 2.75) is 13.0 Å². The maximum Gasteiger partial charge on any atom is 0.294 e. The summed E-state index contributed by atoms with van der Waals surface area (Å²) >= 11 is 0.677. The molecule has 1 aliphatic heterocycles. The molecule has 1 N–H and O–H groups in total. The van der Waals surface area contributed by atoms with Crippen LogP contribution in [0, 0.1) is 11.6 Å². The van der Waals surface area contributed by atoms with Crippen LogP contribution in [0.4, 0.5) is 19.3 Å². The second-order valence-electron chi connectivity index (χ2n) is 8.42. The largest absolute Gasteiger partial charge is 0.493 e. The third kappa shape index (κ3) is 6.71. The Morgan fingerprint density at radius 2 is 1.87 bits per heavy atom. The number of carbonyl (C=O) groups excluding carboxylic acids is 3. The Hall–Kier alpha value is -4.44. The van der Waals surface area contributed by atoms with Crippen LogP contribution in [0.5, 0.6) is 11.5 Å². The molecule has 0 saturated carbocycles. The summed E-state index contributed by atoms with van der Waals surface area (Å²) in [4.78, 5) is 38.7. The molecule has 3 amide bonds. The van der Waals surface area contributed by atoms with Crippen molar-refractivity contribution >= 4 is 40.6 Å². The average Bonchev–Trinajstić information content (AvgIpc) is 3.17. The van der Waals surface area contributed by atoms with Crippen LogP contribution in [0.1, 0.15) is 16.7 Å². The highest BCUT2D eigenvalue weighted by Crippen LogP contribution is 2.37. The topological polar surface area (TPSA) is 84.9 Å². The molecular formula is C29H24F2N2O5S. The molecule has 0 aliphatic carbocycles. The number of amides is 3. The molecule has 0 spiro atoms. The Balaban J connectivity index is 1.52. The zero-order valence-electron chi connectivity index (χ0n) is 20.9. The van der Waals surface area contributed by atoms with E-state index in [4.69, 9.17) is 9.47 Å². The van der Waals surface area contributed by atoms with E-state index in [0.717, 1.165) is 28.2 Å². The monoisotopic (exact) mass is 550 g/mol. The minimum absolute atomic E-state index is 0.102. The Morgan fingerprint density at radius 1 is 1.10 bits per heavy atom. The molecule has 1 heterocycles. The number of hydrogen-bond acceptors (Lipinski definition) is 6. The van der Waals surface area contributed by atoms with Crippen LogP contribution in [0.15, 0.2) is 78.2 Å². The Labute approximate surface area is 228 Å². The molecule has 3 aromatic rings. The number of benzene rings is 3. The number of carbonyl (C=O) groups is 3. The molecule has 4 rings (SSSR count). The minimum Gasteiger partial charge on any atom is -0.493 e. The zero-order valence-corrected chi connectivity index (χ0v) is 21.7. The van der Waals surface area contributed by atoms with Crippen molar-refractivity contribution in [3.63, 3.8) is 0 Å². The van der Waals surface area contributed by atoms with Gasteiger partial charge < -0.3 is 14.8 Å². The average molecular weight is 551 g/mol. The van der Waals surface area contributed by atoms with Crippen molar-refractivity contribution in [1.29, 1.82) is 0 Å². The van der Waals surface area contributed by atoms with Gasteiger partial charge in [-0.1, -0.05) is 36.4 Å². The maximum atomic E-state index is 13.9. The normalized spacial score (nSPS) is 14.0. The summed E-state index contributed by atoms with van der Waals surface area (Å²) in [6.45, 7) is 3.50. The van der Waals surface area contributed by atoms with Crippen molar-refractivity contribution in [3.05, 3.63) is 107 Å². The number of nitrogens with one attached hydrogen (secondary N) is 1. The second kappa shape index (κ2) is 12.4. The molecular weight excluding hydrogens is 526 g/mol. The van der Waals surface area contributed by atoms with Crippen LogP contribution in [0.25, 0.3) is 6.08 Å². The van der Waals surface area contributed by atoms with Gasteiger partial charge in [-0.05, 0) is 59.7 Å². The summed E-state index contributed by atoms with van der Waals surface area (Å²) in [5.41, 5.74) is 2.07. The molecule has 0 atom stereocenters. The van der Waals surface area contributed by atoms with Crippen LogP contribution in [-0.2, 0) is 22.6 Å². The van der Waals surface area contributed by atoms with Gasteiger partial charge in [-0.2, -0.15) is 0 Å². The van der Waals surface area contributed by atoms with Crippen molar-refractivity contribution in [3.8, 4) is 11.5 Å². The van der Waals surface area contributed by atoms with E-state index in [1.807, 2.05) is 36.4 Å². The predicted molar refractivity (Wildman–Crippen MR) is 145 cm³/mol. The standard InChI is InChI=1S/C29H24F2N2O5S/c1-3-7-20-12-19(13-24(37-2)27(20)38-17-18-8-5-4-6-9-18)14-25-28(35)33(29(36)39-25)16-26(34)32-23-11-10-21(30)15-22(23)31/h3-6,8-15H,1,7,16-17H2,2H3,(H,32,34)/b25-14-. The first-order valence-corrected chi connectivity index (χ1v) is 12.6. The lowest BCUT2D eigenvalue weighted by atomic mass is 10.0. The second-order valence-corrected chi connectivity index (χ2v) is 9.41. The Morgan fingerprint density at radius 3 is 2.56 bits per heavy atom. The fraction of sp³-hybridized carbons (Fsp3) is 0.138. The molecule has 1 fully saturated rings. The number of allylic oxidation sites excluding steroid dienone is 1. The summed E-state index contributed by atoms with van der Waals surface area (Å²) in [7, 11) is 1.50. The molecule has 0 bridgehead atoms. The third-order valence-electron chi connectivity index (χ3n) is 5.64. The van der Waals surface area contributed by atoms with Gasteiger partial charge >= 0.3 is 0 Å². The molecule has 7 nitrogen and oxygen atoms in total. The van der Waals surface area contributed by atoms with Gasteiger partial charge in [0.1, 0.15) is 24.8 Å². The highest BCUT2D eigenvalue weighted by atomic mass is 32.2. The van der Waals surface area contributed by atoms with Crippen molar-refractivity contribution in [1.82, 2.24) is 4.90 Å². The lowest BCUT2D eigenvalue weighted by molar-refractivity contribution is -0.127. The zero-order chi connectivity index (χ0) is 27.9. The van der Waals surface area contributed by atoms with Gasteiger partial charge in [-0.15, -0.1) is 6.58 Å². The highest BCUT2D eigenvalue weighted by Gasteiger charge is 2.36. The SMILES string of the molecule is C=CCc1cc(/C=C2\SC(=O)N(CC(=O)Nc3ccc(F)cc3F)C2=O)cc(OC)c1OCc1ccccc1. The molecule has 1 saturated heterocycles. The summed E-state index contributed by atoms with van der Waals surface area (Å²) in [5, 5.41) is 1.59. The first-order valence-electron chi connectivity index (χ1n) is 11.8. The van der Waals surface area contributed by atoms with Gasteiger partial charge in [0, 0.05) is 11.6 Å². The minimum atomic E-state index is -0.974. The van der Waals surface area contributed by atoms with Gasteiger partial charge in [0.2, 0.25) is 5.91 Å². The van der Waals surface area contributed by atoms with E-state index in [-0.39, 0.29) is 10.6 Å². The summed E-state index contributed by atoms with van der Waals surface area (Å²) in [6, 6.07) is 15.8. The van der Waals surface area contributed by atoms with Gasteiger partial charge in [-0.25, -0.2) is 8.78 Å². The lowest BCUT2D eigenvalue weighted by Crippen LogP contribution is -2.36. The molecule has 1 aliphatic rings. The van der Waals surface area contributed by atoms with Crippen LogP contribution < -0.4 is 14.8 Å². The first kappa shape index (κ1) is 27.6. The number of rotatable bonds is 10. The molecule has 3 aromatic carbocycles. The van der Waals surface area contributed by atoms with Gasteiger partial charge in [0.15, 0.2) is 11.5 Å². The van der Waals surface area contributed by atoms with E-state index in [9.17, 15) is 23.2 Å². The van der Waals surface area contributed by atoms with Crippen LogP contribution in [0.3, 0.4) is 0 Å². The number of nitrogens with zero attached hydrogens (tertiary/aromatic N) is 1. The molecule has 0 radical (unpaired) electrons. The van der Waals surface area contributed by atoms with Crippen molar-refractivity contribution in [2.24, 2.45) is 0 Å². The van der Waals surface area contributed by atoms with E-state index < -0.39 is 35.2 Å². The fourth-order valence-electron chi connectivity index (χ4n) is 3.83. The number of imide groups is 1. The lowest BCUT2D eigenvalue weighted by Gasteiger charge is -2.16. The molecule has 200 valence electrons. The van der Waals surface area contributed by atoms with Gasteiger partial charge in [0.05, 0.1) is 17.7 Å². The van der Waals surface area contributed by atoms with Gasteiger partial charge in [0.25, 0.3) is 11.1 Å². The molecule has 0 unspecified atom stereocenters. The number of thioether (sulfide) groups is 1. The van der Waals surface area contributed by atoms with E-state index in [0.29, 0.717) is 47.9 Å². The predicted octanol–water partition coefficient (Wildman–Crippen LogP) is 5.96. The summed E-state index contributed by atoms with van der Waals surface area (Å²) in [5.74, 6) is -2.27. The summed E-state index contributed by atoms with van der Waals surface area (Å²) in [6.07, 6.45) is 3.70. The van der Waals surface area contributed by atoms with E-state index in [2.05, 4.69) is 11.9 Å². The smallest absolute Gasteiger partial charge is 0.294 e. The first-order chi connectivity index (χ1) is 18.8. The van der Waals surface area contributed by atoms with Crippen LogP contribution in [0.2, 0.25) is 0 Å². The number of halogens is 2. The van der Waals surface area contributed by atoms with Crippen molar-refractivity contribution in [2.75, 3.05) is 19.0 Å². The van der Waals surface area contributed by atoms with Crippen molar-refractivity contribution < 1.29 is 32.6 Å². The maximum absolute atomic E-state index is 13.9. The highest BCUT2D eigenvalue weighted by molar-refractivity contribution is 8.18. The summed E-state index contributed by atoms with van der Waals surface area (Å²) < 4.78 is 38.6. The Kier molecular flexibility index (Phi) is 8.77.